The summed E-state index contributed by atoms with van der Waals surface area (Å²) in [6.45, 7) is 5.05. The monoisotopic (exact) mass is 275 g/mol. The van der Waals surface area contributed by atoms with Crippen LogP contribution in [0.15, 0.2) is 34.5 Å². The number of aromatic nitrogens is 2. The molecule has 1 N–H and O–H groups in total. The number of imidazole rings is 1. The van der Waals surface area contributed by atoms with Gasteiger partial charge >= 0.3 is 0 Å². The molecule has 5 heteroatoms. The first-order valence-corrected chi connectivity index (χ1v) is 7.34. The van der Waals surface area contributed by atoms with E-state index < -0.39 is 0 Å². The van der Waals surface area contributed by atoms with Gasteiger partial charge in [-0.15, -0.1) is 11.3 Å². The van der Waals surface area contributed by atoms with Crippen LogP contribution < -0.4 is 5.32 Å². The molecule has 1 atom stereocenters. The molecule has 0 aliphatic carbocycles. The number of furan rings is 1. The molecule has 100 valence electrons. The van der Waals surface area contributed by atoms with Gasteiger partial charge in [-0.3, -0.25) is 4.40 Å². The topological polar surface area (TPSA) is 42.5 Å². The van der Waals surface area contributed by atoms with E-state index in [-0.39, 0.29) is 6.04 Å². The molecule has 0 saturated carbocycles. The molecule has 4 nitrogen and oxygen atoms in total. The Morgan fingerprint density at radius 2 is 2.42 bits per heavy atom. The van der Waals surface area contributed by atoms with Crippen molar-refractivity contribution < 1.29 is 4.42 Å². The standard InChI is InChI=1S/C14H17N3OS/c1-3-15-13(12-4-6-18-10(12)2)8-11-9-17-5-7-19-14(17)16-11/h4-7,9,13,15H,3,8H2,1-2H3. The van der Waals surface area contributed by atoms with Gasteiger partial charge in [0.1, 0.15) is 5.76 Å². The second kappa shape index (κ2) is 5.19. The fraction of sp³-hybridized carbons (Fsp3) is 0.357. The van der Waals surface area contributed by atoms with Crippen molar-refractivity contribution in [2.45, 2.75) is 26.3 Å². The molecule has 3 heterocycles. The summed E-state index contributed by atoms with van der Waals surface area (Å²) in [4.78, 5) is 5.70. The van der Waals surface area contributed by atoms with Crippen molar-refractivity contribution in [1.29, 1.82) is 0 Å². The highest BCUT2D eigenvalue weighted by atomic mass is 32.1. The summed E-state index contributed by atoms with van der Waals surface area (Å²) in [5.74, 6) is 0.979. The Bertz CT molecular complexity index is 638. The van der Waals surface area contributed by atoms with Gasteiger partial charge in [0.25, 0.3) is 0 Å². The lowest BCUT2D eigenvalue weighted by Gasteiger charge is -2.16. The summed E-state index contributed by atoms with van der Waals surface area (Å²) >= 11 is 1.66. The van der Waals surface area contributed by atoms with Gasteiger partial charge in [0.2, 0.25) is 0 Å². The second-order valence-corrected chi connectivity index (χ2v) is 5.44. The Labute approximate surface area is 116 Å². The Kier molecular flexibility index (Phi) is 3.40. The molecule has 19 heavy (non-hydrogen) atoms. The number of nitrogens with zero attached hydrogens (tertiary/aromatic N) is 2. The molecule has 3 aromatic heterocycles. The molecule has 0 aliphatic heterocycles. The van der Waals surface area contributed by atoms with Crippen LogP contribution in [0.3, 0.4) is 0 Å². The lowest BCUT2D eigenvalue weighted by atomic mass is 10.0. The third-order valence-electron chi connectivity index (χ3n) is 3.28. The lowest BCUT2D eigenvalue weighted by molar-refractivity contribution is 0.500. The molecule has 0 spiro atoms. The van der Waals surface area contributed by atoms with Crippen LogP contribution in [0.4, 0.5) is 0 Å². The maximum absolute atomic E-state index is 5.41. The third-order valence-corrected chi connectivity index (χ3v) is 4.05. The quantitative estimate of drug-likeness (QED) is 0.777. The molecular weight excluding hydrogens is 258 g/mol. The predicted octanol–water partition coefficient (Wildman–Crippen LogP) is 3.19. The molecule has 1 unspecified atom stereocenters. The summed E-state index contributed by atoms with van der Waals surface area (Å²) < 4.78 is 7.48. The number of hydrogen-bond donors (Lipinski definition) is 1. The zero-order valence-corrected chi connectivity index (χ0v) is 11.9. The normalized spacial score (nSPS) is 13.2. The van der Waals surface area contributed by atoms with Crippen LogP contribution in [0.2, 0.25) is 0 Å². The summed E-state index contributed by atoms with van der Waals surface area (Å²) in [6.07, 6.45) is 6.77. The van der Waals surface area contributed by atoms with Gasteiger partial charge in [-0.05, 0) is 19.5 Å². The number of likely N-dealkylation sites (N-methyl/N-ethyl adjacent to an activating group) is 1. The molecule has 0 aliphatic rings. The fourth-order valence-electron chi connectivity index (χ4n) is 2.38. The largest absolute Gasteiger partial charge is 0.469 e. The van der Waals surface area contributed by atoms with E-state index >= 15 is 0 Å². The Morgan fingerprint density at radius 1 is 1.53 bits per heavy atom. The van der Waals surface area contributed by atoms with E-state index in [4.69, 9.17) is 4.42 Å². The van der Waals surface area contributed by atoms with E-state index in [9.17, 15) is 0 Å². The van der Waals surface area contributed by atoms with Crippen molar-refractivity contribution in [3.63, 3.8) is 0 Å². The van der Waals surface area contributed by atoms with Crippen LogP contribution in [0, 0.1) is 6.92 Å². The number of rotatable bonds is 5. The van der Waals surface area contributed by atoms with E-state index in [1.807, 2.05) is 24.6 Å². The molecule has 3 aromatic rings. The number of thiazole rings is 1. The van der Waals surface area contributed by atoms with Gasteiger partial charge in [0.15, 0.2) is 4.96 Å². The zero-order chi connectivity index (χ0) is 13.2. The molecule has 0 radical (unpaired) electrons. The van der Waals surface area contributed by atoms with Gasteiger partial charge in [-0.1, -0.05) is 6.92 Å². The predicted molar refractivity (Wildman–Crippen MR) is 76.6 cm³/mol. The number of hydrogen-bond acceptors (Lipinski definition) is 4. The minimum Gasteiger partial charge on any atom is -0.469 e. The highest BCUT2D eigenvalue weighted by Crippen LogP contribution is 2.23. The Balaban J connectivity index is 1.85. The lowest BCUT2D eigenvalue weighted by Crippen LogP contribution is -2.23. The van der Waals surface area contributed by atoms with Crippen LogP contribution in [0.25, 0.3) is 4.96 Å². The Hall–Kier alpha value is -1.59. The first-order chi connectivity index (χ1) is 9.28. The Morgan fingerprint density at radius 3 is 3.11 bits per heavy atom. The van der Waals surface area contributed by atoms with Gasteiger partial charge in [-0.2, -0.15) is 0 Å². The molecular formula is C14H17N3OS. The molecule has 0 aromatic carbocycles. The smallest absolute Gasteiger partial charge is 0.193 e. The highest BCUT2D eigenvalue weighted by molar-refractivity contribution is 7.15. The van der Waals surface area contributed by atoms with E-state index in [1.54, 1.807) is 17.6 Å². The van der Waals surface area contributed by atoms with E-state index in [2.05, 4.69) is 27.8 Å². The first kappa shape index (κ1) is 12.4. The maximum atomic E-state index is 5.41. The van der Waals surface area contributed by atoms with Crippen molar-refractivity contribution in [2.24, 2.45) is 0 Å². The van der Waals surface area contributed by atoms with Crippen LogP contribution in [-0.4, -0.2) is 15.9 Å². The summed E-state index contributed by atoms with van der Waals surface area (Å²) in [7, 11) is 0. The average molecular weight is 275 g/mol. The van der Waals surface area contributed by atoms with E-state index in [0.29, 0.717) is 0 Å². The van der Waals surface area contributed by atoms with Gasteiger partial charge in [0.05, 0.1) is 12.0 Å². The van der Waals surface area contributed by atoms with E-state index in [1.165, 1.54) is 5.56 Å². The van der Waals surface area contributed by atoms with Crippen LogP contribution >= 0.6 is 11.3 Å². The van der Waals surface area contributed by atoms with Gasteiger partial charge in [0, 0.05) is 35.8 Å². The highest BCUT2D eigenvalue weighted by Gasteiger charge is 2.17. The summed E-state index contributed by atoms with van der Waals surface area (Å²) in [6, 6.07) is 2.30. The summed E-state index contributed by atoms with van der Waals surface area (Å²) in [5.41, 5.74) is 2.33. The fourth-order valence-corrected chi connectivity index (χ4v) is 3.10. The van der Waals surface area contributed by atoms with Gasteiger partial charge < -0.3 is 9.73 Å². The SMILES string of the molecule is CCNC(Cc1cn2ccsc2n1)c1ccoc1C. The maximum Gasteiger partial charge on any atom is 0.193 e. The van der Waals surface area contributed by atoms with Crippen molar-refractivity contribution in [3.8, 4) is 0 Å². The summed E-state index contributed by atoms with van der Waals surface area (Å²) in [5, 5.41) is 5.55. The molecule has 0 amide bonds. The number of fused-ring (bicyclic) bond motifs is 1. The molecule has 0 saturated heterocycles. The number of nitrogens with one attached hydrogen (secondary N) is 1. The first-order valence-electron chi connectivity index (χ1n) is 6.46. The van der Waals surface area contributed by atoms with Gasteiger partial charge in [-0.25, -0.2) is 4.98 Å². The zero-order valence-electron chi connectivity index (χ0n) is 11.1. The van der Waals surface area contributed by atoms with Crippen molar-refractivity contribution >= 4 is 16.3 Å². The number of aryl methyl sites for hydroxylation is 1. The van der Waals surface area contributed by atoms with Crippen molar-refractivity contribution in [1.82, 2.24) is 14.7 Å². The third kappa shape index (κ3) is 2.43. The van der Waals surface area contributed by atoms with Crippen molar-refractivity contribution in [2.75, 3.05) is 6.54 Å². The molecule has 0 fully saturated rings. The molecule has 3 rings (SSSR count). The minimum absolute atomic E-state index is 0.258. The second-order valence-electron chi connectivity index (χ2n) is 4.57. The van der Waals surface area contributed by atoms with Crippen LogP contribution in [0.1, 0.15) is 30.0 Å². The van der Waals surface area contributed by atoms with Crippen molar-refractivity contribution in [3.05, 3.63) is 47.1 Å². The van der Waals surface area contributed by atoms with Crippen LogP contribution in [-0.2, 0) is 6.42 Å². The molecule has 0 bridgehead atoms. The van der Waals surface area contributed by atoms with E-state index in [0.717, 1.165) is 29.4 Å². The average Bonchev–Trinajstić information content (AvgIpc) is 3.03. The minimum atomic E-state index is 0.258. The van der Waals surface area contributed by atoms with Crippen LogP contribution in [0.5, 0.6) is 0 Å².